The first-order valence-electron chi connectivity index (χ1n) is 15.7. The Labute approximate surface area is 296 Å². The molecule has 0 fully saturated rings. The average Bonchev–Trinajstić information content (AvgIpc) is 3.33. The van der Waals surface area contributed by atoms with Crippen LogP contribution in [0.1, 0.15) is 75.0 Å². The molecule has 5 N–H and O–H groups in total. The smallest absolute Gasteiger partial charge is 0.411 e. The van der Waals surface area contributed by atoms with Crippen LogP contribution in [-0.2, 0) is 34.0 Å². The molecular formula is C34H46N6O8S2. The standard InChI is InChI=1S/C34H46N6O8S2/c1-21(41)35-29-36-26(27(49-29)20-39(8)28(42)23-13-17-25(18-14-23)50(9,47)48)19-12-22-10-15-24(16-11-22)37-34(32(2,3)4,38-30(43)44)40(31(45)46)33(5,6)7/h10-11,13-18,37-38H,12,19-20H2,1-9H3,(H,43,44)(H,45,46)(H,35,36,41). The molecule has 0 aliphatic carbocycles. The van der Waals surface area contributed by atoms with Crippen molar-refractivity contribution in [2.24, 2.45) is 5.41 Å². The van der Waals surface area contributed by atoms with Crippen molar-refractivity contribution in [3.05, 3.63) is 70.2 Å². The molecule has 4 amide bonds. The highest BCUT2D eigenvalue weighted by molar-refractivity contribution is 7.90. The van der Waals surface area contributed by atoms with E-state index in [0.29, 0.717) is 34.9 Å². The summed E-state index contributed by atoms with van der Waals surface area (Å²) in [6, 6.07) is 12.9. The Morgan fingerprint density at radius 1 is 0.900 bits per heavy atom. The van der Waals surface area contributed by atoms with Gasteiger partial charge in [0, 0.05) is 47.3 Å². The van der Waals surface area contributed by atoms with Crippen LogP contribution in [0.2, 0.25) is 0 Å². The van der Waals surface area contributed by atoms with E-state index in [1.807, 2.05) is 12.1 Å². The van der Waals surface area contributed by atoms with E-state index in [1.165, 1.54) is 47.4 Å². The Morgan fingerprint density at radius 2 is 1.48 bits per heavy atom. The normalized spacial score (nSPS) is 13.1. The lowest BCUT2D eigenvalue weighted by Gasteiger charge is -2.55. The molecule has 2 aromatic carbocycles. The van der Waals surface area contributed by atoms with Gasteiger partial charge in [-0.3, -0.25) is 19.8 Å². The molecule has 0 spiro atoms. The first-order chi connectivity index (χ1) is 22.9. The number of hydrogen-bond donors (Lipinski definition) is 5. The number of carbonyl (C=O) groups is 4. The second-order valence-corrected chi connectivity index (χ2v) is 17.1. The Hall–Kier alpha value is -4.70. The molecule has 0 aliphatic rings. The summed E-state index contributed by atoms with van der Waals surface area (Å²) >= 11 is 1.26. The van der Waals surface area contributed by atoms with Crippen molar-refractivity contribution in [2.45, 2.75) is 84.1 Å². The van der Waals surface area contributed by atoms with Gasteiger partial charge in [-0.25, -0.2) is 23.0 Å². The van der Waals surface area contributed by atoms with E-state index < -0.39 is 38.8 Å². The van der Waals surface area contributed by atoms with Crippen LogP contribution in [-0.4, -0.2) is 82.0 Å². The summed E-state index contributed by atoms with van der Waals surface area (Å²) in [7, 11) is -1.78. The molecule has 0 saturated carbocycles. The number of benzene rings is 2. The molecule has 0 saturated heterocycles. The first kappa shape index (κ1) is 39.7. The second kappa shape index (κ2) is 15.0. The van der Waals surface area contributed by atoms with Crippen LogP contribution in [0.4, 0.5) is 20.4 Å². The van der Waals surface area contributed by atoms with Crippen LogP contribution in [0.25, 0.3) is 0 Å². The zero-order valence-electron chi connectivity index (χ0n) is 29.7. The van der Waals surface area contributed by atoms with Gasteiger partial charge in [-0.1, -0.05) is 44.2 Å². The molecule has 16 heteroatoms. The van der Waals surface area contributed by atoms with Crippen molar-refractivity contribution in [1.29, 1.82) is 0 Å². The third-order valence-electron chi connectivity index (χ3n) is 7.82. The maximum absolute atomic E-state index is 13.2. The highest BCUT2D eigenvalue weighted by Crippen LogP contribution is 2.39. The van der Waals surface area contributed by atoms with Crippen molar-refractivity contribution in [1.82, 2.24) is 20.1 Å². The predicted molar refractivity (Wildman–Crippen MR) is 192 cm³/mol. The summed E-state index contributed by atoms with van der Waals surface area (Å²) in [6.45, 7) is 11.9. The van der Waals surface area contributed by atoms with Crippen LogP contribution in [0.3, 0.4) is 0 Å². The lowest BCUT2D eigenvalue weighted by atomic mass is 9.82. The van der Waals surface area contributed by atoms with Crippen molar-refractivity contribution >= 4 is 56.0 Å². The molecule has 272 valence electrons. The Balaban J connectivity index is 1.85. The van der Waals surface area contributed by atoms with Crippen molar-refractivity contribution in [3.63, 3.8) is 0 Å². The van der Waals surface area contributed by atoms with Gasteiger partial charge in [0.25, 0.3) is 5.91 Å². The Bertz CT molecular complexity index is 1830. The molecule has 14 nitrogen and oxygen atoms in total. The van der Waals surface area contributed by atoms with Gasteiger partial charge in [-0.2, -0.15) is 0 Å². The summed E-state index contributed by atoms with van der Waals surface area (Å²) in [5.41, 5.74) is 0.468. The molecule has 0 radical (unpaired) electrons. The fraction of sp³-hybridized carbons (Fsp3) is 0.441. The zero-order valence-corrected chi connectivity index (χ0v) is 31.4. The van der Waals surface area contributed by atoms with E-state index in [2.05, 4.69) is 20.9 Å². The van der Waals surface area contributed by atoms with Crippen LogP contribution in [0.5, 0.6) is 0 Å². The number of anilines is 2. The average molecular weight is 731 g/mol. The Morgan fingerprint density at radius 3 is 1.94 bits per heavy atom. The van der Waals surface area contributed by atoms with E-state index in [0.717, 1.165) is 21.6 Å². The first-order valence-corrected chi connectivity index (χ1v) is 18.4. The molecule has 50 heavy (non-hydrogen) atoms. The maximum atomic E-state index is 13.2. The minimum atomic E-state index is -3.41. The molecule has 1 unspecified atom stereocenters. The molecule has 0 bridgehead atoms. The number of nitrogens with one attached hydrogen (secondary N) is 3. The highest BCUT2D eigenvalue weighted by Gasteiger charge is 2.54. The molecular weight excluding hydrogens is 685 g/mol. The number of thiazole rings is 1. The van der Waals surface area contributed by atoms with Crippen molar-refractivity contribution in [3.8, 4) is 0 Å². The Kier molecular flexibility index (Phi) is 12.0. The number of carbonyl (C=O) groups excluding carboxylic acids is 2. The third kappa shape index (κ3) is 9.72. The highest BCUT2D eigenvalue weighted by atomic mass is 32.2. The third-order valence-corrected chi connectivity index (χ3v) is 9.94. The van der Waals surface area contributed by atoms with Gasteiger partial charge in [0.1, 0.15) is 0 Å². The number of carboxylic acid groups (broad SMARTS) is 2. The molecule has 1 heterocycles. The van der Waals surface area contributed by atoms with Gasteiger partial charge in [0.15, 0.2) is 15.0 Å². The SMILES string of the molecule is CC(=O)Nc1nc(CCc2ccc(NC(NC(=O)O)(N(C(=O)O)C(C)(C)C)C(C)(C)C)cc2)c(CN(C)C(=O)c2ccc(S(C)(=O)=O)cc2)s1. The van der Waals surface area contributed by atoms with Gasteiger partial charge in [0.2, 0.25) is 11.7 Å². The van der Waals surface area contributed by atoms with Gasteiger partial charge in [-0.15, -0.1) is 0 Å². The fourth-order valence-electron chi connectivity index (χ4n) is 5.43. The predicted octanol–water partition coefficient (Wildman–Crippen LogP) is 5.72. The van der Waals surface area contributed by atoms with E-state index in [4.69, 9.17) is 0 Å². The van der Waals surface area contributed by atoms with Crippen LogP contribution < -0.4 is 16.0 Å². The van der Waals surface area contributed by atoms with Gasteiger partial charge in [-0.05, 0) is 75.6 Å². The number of nitrogens with zero attached hydrogens (tertiary/aromatic N) is 3. The number of sulfone groups is 1. The number of hydrogen-bond acceptors (Lipinski definition) is 9. The quantitative estimate of drug-likeness (QED) is 0.144. The van der Waals surface area contributed by atoms with E-state index in [9.17, 15) is 37.8 Å². The fourth-order valence-corrected chi connectivity index (χ4v) is 7.16. The van der Waals surface area contributed by atoms with Gasteiger partial charge < -0.3 is 25.7 Å². The number of rotatable bonds is 12. The molecule has 3 rings (SSSR count). The van der Waals surface area contributed by atoms with Crippen LogP contribution in [0.15, 0.2) is 53.4 Å². The summed E-state index contributed by atoms with van der Waals surface area (Å²) in [6.07, 6.45) is -0.608. The van der Waals surface area contributed by atoms with Gasteiger partial charge >= 0.3 is 12.2 Å². The van der Waals surface area contributed by atoms with Crippen LogP contribution >= 0.6 is 11.3 Å². The lowest BCUT2D eigenvalue weighted by molar-refractivity contribution is -0.114. The number of aromatic nitrogens is 1. The minimum Gasteiger partial charge on any atom is -0.465 e. The molecule has 1 atom stereocenters. The monoisotopic (exact) mass is 730 g/mol. The molecule has 3 aromatic rings. The van der Waals surface area contributed by atoms with Gasteiger partial charge in [0.05, 0.1) is 17.1 Å². The van der Waals surface area contributed by atoms with Crippen molar-refractivity contribution < 1.29 is 37.8 Å². The van der Waals surface area contributed by atoms with E-state index in [-0.39, 0.29) is 23.3 Å². The van der Waals surface area contributed by atoms with Crippen LogP contribution in [0, 0.1) is 5.41 Å². The summed E-state index contributed by atoms with van der Waals surface area (Å²) in [4.78, 5) is 57.7. The zero-order chi connectivity index (χ0) is 37.8. The molecule has 1 aromatic heterocycles. The number of amides is 4. The summed E-state index contributed by atoms with van der Waals surface area (Å²) in [5, 5.41) is 28.8. The van der Waals surface area contributed by atoms with E-state index in [1.54, 1.807) is 60.7 Å². The maximum Gasteiger partial charge on any atom is 0.411 e. The second-order valence-electron chi connectivity index (χ2n) is 14.0. The number of aryl methyl sites for hydroxylation is 2. The van der Waals surface area contributed by atoms with Crippen molar-refractivity contribution in [2.75, 3.05) is 23.9 Å². The topological polar surface area (TPSA) is 198 Å². The lowest BCUT2D eigenvalue weighted by Crippen LogP contribution is -2.76. The molecule has 0 aliphatic heterocycles. The summed E-state index contributed by atoms with van der Waals surface area (Å²) < 4.78 is 23.6. The largest absolute Gasteiger partial charge is 0.465 e. The minimum absolute atomic E-state index is 0.114. The summed E-state index contributed by atoms with van der Waals surface area (Å²) in [5.74, 6) is -2.35. The van der Waals surface area contributed by atoms with E-state index >= 15 is 0 Å².